The summed E-state index contributed by atoms with van der Waals surface area (Å²) >= 11 is 0. The number of hydrogen-bond donors (Lipinski definition) is 1. The monoisotopic (exact) mass is 251 g/mol. The van der Waals surface area contributed by atoms with E-state index in [0.29, 0.717) is 30.7 Å². The zero-order valence-corrected chi connectivity index (χ0v) is 11.0. The maximum atomic E-state index is 12.4. The summed E-state index contributed by atoms with van der Waals surface area (Å²) in [6, 6.07) is 0.402. The number of carbonyl (C=O) groups is 1. The second-order valence-electron chi connectivity index (χ2n) is 5.24. The fourth-order valence-electron chi connectivity index (χ4n) is 1.96. The summed E-state index contributed by atoms with van der Waals surface area (Å²) in [6.45, 7) is 6.11. The predicted molar refractivity (Wildman–Crippen MR) is 68.0 cm³/mol. The number of nitrogens with zero attached hydrogens (tertiary/aromatic N) is 4. The summed E-state index contributed by atoms with van der Waals surface area (Å²) in [7, 11) is 0. The van der Waals surface area contributed by atoms with Gasteiger partial charge in [-0.3, -0.25) is 9.48 Å². The number of nitrogens with two attached hydrogens (primary N) is 1. The van der Waals surface area contributed by atoms with E-state index in [9.17, 15) is 4.79 Å². The van der Waals surface area contributed by atoms with E-state index in [4.69, 9.17) is 5.73 Å². The van der Waals surface area contributed by atoms with Crippen LogP contribution in [-0.4, -0.2) is 44.9 Å². The molecule has 2 rings (SSSR count). The summed E-state index contributed by atoms with van der Waals surface area (Å²) in [4.78, 5) is 14.3. The lowest BCUT2D eigenvalue weighted by Gasteiger charge is -2.23. The van der Waals surface area contributed by atoms with Crippen molar-refractivity contribution in [2.24, 2.45) is 11.7 Å². The molecule has 0 radical (unpaired) electrons. The van der Waals surface area contributed by atoms with Gasteiger partial charge in [0.15, 0.2) is 5.69 Å². The molecule has 6 nitrogen and oxygen atoms in total. The third-order valence-corrected chi connectivity index (χ3v) is 2.93. The molecule has 1 saturated carbocycles. The fourth-order valence-corrected chi connectivity index (χ4v) is 1.96. The van der Waals surface area contributed by atoms with E-state index in [1.165, 1.54) is 0 Å². The van der Waals surface area contributed by atoms with Crippen LogP contribution in [0.5, 0.6) is 0 Å². The molecule has 0 atom stereocenters. The standard InChI is InChI=1S/C12H21N5O/c1-9(2)7-17(10-3-4-10)12(18)11-8-16(6-5-13)15-14-11/h8-10H,3-7,13H2,1-2H3. The van der Waals surface area contributed by atoms with Crippen LogP contribution in [0.3, 0.4) is 0 Å². The summed E-state index contributed by atoms with van der Waals surface area (Å²) in [5, 5.41) is 7.85. The second-order valence-corrected chi connectivity index (χ2v) is 5.24. The van der Waals surface area contributed by atoms with Crippen LogP contribution in [-0.2, 0) is 6.54 Å². The maximum absolute atomic E-state index is 12.4. The van der Waals surface area contributed by atoms with Crippen molar-refractivity contribution >= 4 is 5.91 Å². The van der Waals surface area contributed by atoms with Crippen molar-refractivity contribution < 1.29 is 4.79 Å². The molecule has 18 heavy (non-hydrogen) atoms. The van der Waals surface area contributed by atoms with Crippen LogP contribution in [0.1, 0.15) is 37.2 Å². The number of carbonyl (C=O) groups excluding carboxylic acids is 1. The van der Waals surface area contributed by atoms with Gasteiger partial charge in [-0.15, -0.1) is 5.10 Å². The second kappa shape index (κ2) is 5.48. The summed E-state index contributed by atoms with van der Waals surface area (Å²) in [5.41, 5.74) is 5.87. The zero-order valence-electron chi connectivity index (χ0n) is 11.0. The molecule has 1 aromatic rings. The van der Waals surface area contributed by atoms with Gasteiger partial charge in [0.2, 0.25) is 0 Å². The van der Waals surface area contributed by atoms with Crippen LogP contribution in [0.4, 0.5) is 0 Å². The highest BCUT2D eigenvalue weighted by molar-refractivity contribution is 5.92. The highest BCUT2D eigenvalue weighted by Gasteiger charge is 2.34. The summed E-state index contributed by atoms with van der Waals surface area (Å²) < 4.78 is 1.62. The average molecular weight is 251 g/mol. The highest BCUT2D eigenvalue weighted by Crippen LogP contribution is 2.28. The lowest BCUT2D eigenvalue weighted by Crippen LogP contribution is -2.36. The Morgan fingerprint density at radius 3 is 2.89 bits per heavy atom. The van der Waals surface area contributed by atoms with Gasteiger partial charge in [-0.1, -0.05) is 19.1 Å². The Hall–Kier alpha value is -1.43. The first-order chi connectivity index (χ1) is 8.61. The number of rotatable bonds is 6. The zero-order chi connectivity index (χ0) is 13.1. The Morgan fingerprint density at radius 2 is 2.33 bits per heavy atom. The largest absolute Gasteiger partial charge is 0.334 e. The first kappa shape index (κ1) is 13.0. The molecule has 6 heteroatoms. The molecule has 0 unspecified atom stereocenters. The Morgan fingerprint density at radius 1 is 1.61 bits per heavy atom. The quantitative estimate of drug-likeness (QED) is 0.798. The topological polar surface area (TPSA) is 77.0 Å². The van der Waals surface area contributed by atoms with E-state index >= 15 is 0 Å². The van der Waals surface area contributed by atoms with Crippen molar-refractivity contribution in [2.75, 3.05) is 13.1 Å². The van der Waals surface area contributed by atoms with Gasteiger partial charge < -0.3 is 10.6 Å². The molecule has 2 N–H and O–H groups in total. The Balaban J connectivity index is 2.06. The molecule has 1 heterocycles. The molecule has 1 aliphatic carbocycles. The van der Waals surface area contributed by atoms with Crippen molar-refractivity contribution in [3.05, 3.63) is 11.9 Å². The summed E-state index contributed by atoms with van der Waals surface area (Å²) in [5.74, 6) is 0.461. The third kappa shape index (κ3) is 3.07. The normalized spacial score (nSPS) is 15.1. The molecule has 0 saturated heterocycles. The van der Waals surface area contributed by atoms with E-state index in [1.807, 2.05) is 4.90 Å². The number of hydrogen-bond acceptors (Lipinski definition) is 4. The molecule has 1 aromatic heterocycles. The molecule has 0 spiro atoms. The van der Waals surface area contributed by atoms with Crippen LogP contribution < -0.4 is 5.73 Å². The number of amides is 1. The van der Waals surface area contributed by atoms with E-state index in [2.05, 4.69) is 24.2 Å². The van der Waals surface area contributed by atoms with Gasteiger partial charge in [-0.2, -0.15) is 0 Å². The van der Waals surface area contributed by atoms with Gasteiger partial charge in [0, 0.05) is 19.1 Å². The van der Waals surface area contributed by atoms with Crippen LogP contribution in [0.25, 0.3) is 0 Å². The van der Waals surface area contributed by atoms with Crippen LogP contribution in [0, 0.1) is 5.92 Å². The molecule has 1 aliphatic rings. The molecule has 0 aromatic carbocycles. The SMILES string of the molecule is CC(C)CN(C(=O)c1cn(CCN)nn1)C1CC1. The smallest absolute Gasteiger partial charge is 0.276 e. The molecule has 1 amide bonds. The van der Waals surface area contributed by atoms with Crippen molar-refractivity contribution in [3.63, 3.8) is 0 Å². The highest BCUT2D eigenvalue weighted by atomic mass is 16.2. The van der Waals surface area contributed by atoms with Crippen molar-refractivity contribution in [3.8, 4) is 0 Å². The van der Waals surface area contributed by atoms with E-state index < -0.39 is 0 Å². The lowest BCUT2D eigenvalue weighted by atomic mass is 10.2. The predicted octanol–water partition coefficient (Wildman–Crippen LogP) is 0.497. The van der Waals surface area contributed by atoms with Gasteiger partial charge in [-0.25, -0.2) is 0 Å². The molecule has 100 valence electrons. The van der Waals surface area contributed by atoms with Crippen molar-refractivity contribution in [2.45, 2.75) is 39.3 Å². The summed E-state index contributed by atoms with van der Waals surface area (Å²) in [6.07, 6.45) is 3.90. The molecule has 0 aliphatic heterocycles. The van der Waals surface area contributed by atoms with Crippen LogP contribution >= 0.6 is 0 Å². The van der Waals surface area contributed by atoms with Crippen LogP contribution in [0.2, 0.25) is 0 Å². The first-order valence-corrected chi connectivity index (χ1v) is 6.53. The van der Waals surface area contributed by atoms with Gasteiger partial charge in [0.25, 0.3) is 5.91 Å². The molecule has 1 fully saturated rings. The minimum Gasteiger partial charge on any atom is -0.334 e. The minimum atomic E-state index is -0.00512. The molecule has 0 bridgehead atoms. The minimum absolute atomic E-state index is 0.00512. The van der Waals surface area contributed by atoms with Gasteiger partial charge in [-0.05, 0) is 18.8 Å². The number of aromatic nitrogens is 3. The van der Waals surface area contributed by atoms with E-state index in [1.54, 1.807) is 10.9 Å². The van der Waals surface area contributed by atoms with E-state index in [0.717, 1.165) is 19.4 Å². The average Bonchev–Trinajstić information content (AvgIpc) is 3.06. The maximum Gasteiger partial charge on any atom is 0.276 e. The fraction of sp³-hybridized carbons (Fsp3) is 0.750. The van der Waals surface area contributed by atoms with Gasteiger partial charge in [0.1, 0.15) is 0 Å². The molecular formula is C12H21N5O. The van der Waals surface area contributed by atoms with Crippen molar-refractivity contribution in [1.82, 2.24) is 19.9 Å². The van der Waals surface area contributed by atoms with Crippen LogP contribution in [0.15, 0.2) is 6.20 Å². The van der Waals surface area contributed by atoms with Gasteiger partial charge >= 0.3 is 0 Å². The van der Waals surface area contributed by atoms with E-state index in [-0.39, 0.29) is 5.91 Å². The third-order valence-electron chi connectivity index (χ3n) is 2.93. The Labute approximate surface area is 107 Å². The van der Waals surface area contributed by atoms with Crippen molar-refractivity contribution in [1.29, 1.82) is 0 Å². The van der Waals surface area contributed by atoms with Gasteiger partial charge in [0.05, 0.1) is 12.7 Å². The Bertz CT molecular complexity index is 410. The first-order valence-electron chi connectivity index (χ1n) is 6.53. The molecular weight excluding hydrogens is 230 g/mol. The lowest BCUT2D eigenvalue weighted by molar-refractivity contribution is 0.0716. The Kier molecular flexibility index (Phi) is 3.96.